The number of urea groups is 1. The third-order valence-corrected chi connectivity index (χ3v) is 6.55. The highest BCUT2D eigenvalue weighted by Gasteiger charge is 2.25. The lowest BCUT2D eigenvalue weighted by Gasteiger charge is -2.16. The number of carbonyl (C=O) groups is 1. The summed E-state index contributed by atoms with van der Waals surface area (Å²) in [7, 11) is -2.55. The van der Waals surface area contributed by atoms with Gasteiger partial charge >= 0.3 is 6.03 Å². The average Bonchev–Trinajstić information content (AvgIpc) is 2.74. The largest absolute Gasteiger partial charge is 0.506 e. The van der Waals surface area contributed by atoms with E-state index in [0.717, 1.165) is 0 Å². The Kier molecular flexibility index (Phi) is 5.98. The molecule has 3 N–H and O–H groups in total. The van der Waals surface area contributed by atoms with Crippen molar-refractivity contribution in [3.05, 3.63) is 71.8 Å². The van der Waals surface area contributed by atoms with Gasteiger partial charge in [0, 0.05) is 11.4 Å². The average molecular weight is 426 g/mol. The molecule has 0 radical (unpaired) electrons. The van der Waals surface area contributed by atoms with E-state index in [-0.39, 0.29) is 21.2 Å². The van der Waals surface area contributed by atoms with Crippen LogP contribution in [-0.2, 0) is 9.84 Å². The van der Waals surface area contributed by atoms with Crippen molar-refractivity contribution in [1.29, 1.82) is 0 Å². The summed E-state index contributed by atoms with van der Waals surface area (Å²) in [6, 6.07) is 15.4. The van der Waals surface area contributed by atoms with E-state index >= 15 is 0 Å². The molecular formula is C22H22N2O5S. The molecule has 3 aromatic rings. The van der Waals surface area contributed by atoms with E-state index in [1.165, 1.54) is 37.4 Å². The number of sulfone groups is 1. The molecule has 3 aromatic carbocycles. The second-order valence-electron chi connectivity index (χ2n) is 6.64. The third-order valence-electron chi connectivity index (χ3n) is 4.77. The van der Waals surface area contributed by atoms with E-state index in [1.807, 2.05) is 6.07 Å². The zero-order chi connectivity index (χ0) is 21.9. The topological polar surface area (TPSA) is 105 Å². The number of nitrogens with one attached hydrogen (secondary N) is 2. The number of phenolic OH excluding ortho intramolecular Hbond substituents is 1. The van der Waals surface area contributed by atoms with Crippen molar-refractivity contribution in [3.8, 4) is 11.5 Å². The molecule has 0 spiro atoms. The highest BCUT2D eigenvalue weighted by atomic mass is 32.2. The number of rotatable bonds is 5. The van der Waals surface area contributed by atoms with Gasteiger partial charge in [0.2, 0.25) is 9.84 Å². The molecule has 0 saturated carbocycles. The number of hydrogen-bond acceptors (Lipinski definition) is 5. The van der Waals surface area contributed by atoms with Gasteiger partial charge in [0.25, 0.3) is 0 Å². The smallest absolute Gasteiger partial charge is 0.323 e. The number of carbonyl (C=O) groups excluding carboxylic acids is 1. The molecule has 8 heteroatoms. The van der Waals surface area contributed by atoms with E-state index < -0.39 is 15.9 Å². The van der Waals surface area contributed by atoms with E-state index in [4.69, 9.17) is 4.74 Å². The van der Waals surface area contributed by atoms with Gasteiger partial charge in [-0.25, -0.2) is 13.2 Å². The number of anilines is 2. The fraction of sp³-hybridized carbons (Fsp3) is 0.136. The number of methoxy groups -OCH3 is 1. The summed E-state index contributed by atoms with van der Waals surface area (Å²) in [5, 5.41) is 15.9. The summed E-state index contributed by atoms with van der Waals surface area (Å²) in [5.41, 5.74) is 1.80. The van der Waals surface area contributed by atoms with E-state index in [9.17, 15) is 18.3 Å². The van der Waals surface area contributed by atoms with Gasteiger partial charge < -0.3 is 20.5 Å². The Morgan fingerprint density at radius 1 is 0.933 bits per heavy atom. The van der Waals surface area contributed by atoms with Gasteiger partial charge in [0.05, 0.1) is 12.0 Å². The van der Waals surface area contributed by atoms with Crippen molar-refractivity contribution in [2.24, 2.45) is 0 Å². The van der Waals surface area contributed by atoms with Crippen LogP contribution < -0.4 is 15.4 Å². The van der Waals surface area contributed by atoms with Gasteiger partial charge in [0.15, 0.2) is 0 Å². The Labute approximate surface area is 175 Å². The van der Waals surface area contributed by atoms with Gasteiger partial charge in [-0.15, -0.1) is 0 Å². The van der Waals surface area contributed by atoms with Crippen LogP contribution in [-0.4, -0.2) is 26.7 Å². The third kappa shape index (κ3) is 4.23. The Morgan fingerprint density at radius 2 is 1.57 bits per heavy atom. The number of phenols is 1. The minimum absolute atomic E-state index is 0.00143. The highest BCUT2D eigenvalue weighted by molar-refractivity contribution is 7.91. The molecule has 0 saturated heterocycles. The number of aromatic hydroxyl groups is 1. The fourth-order valence-corrected chi connectivity index (χ4v) is 4.32. The van der Waals surface area contributed by atoms with Crippen molar-refractivity contribution < 1.29 is 23.1 Å². The molecule has 0 aliphatic carbocycles. The molecule has 7 nitrogen and oxygen atoms in total. The first kappa shape index (κ1) is 21.2. The predicted molar refractivity (Wildman–Crippen MR) is 115 cm³/mol. The van der Waals surface area contributed by atoms with Gasteiger partial charge in [-0.3, -0.25) is 0 Å². The summed E-state index contributed by atoms with van der Waals surface area (Å²) in [5.74, 6) is 0.163. The standard InChI is InChI=1S/C22H22N2O5S/c1-14-15(2)21(25)20(30(27,28)18-11-9-17(29-3)10-12-18)13-19(14)24-22(26)23-16-7-5-4-6-8-16/h4-13,25H,1-3H3,(H2,23,24,26). The second kappa shape index (κ2) is 8.46. The van der Waals surface area contributed by atoms with Gasteiger partial charge in [0.1, 0.15) is 16.4 Å². The van der Waals surface area contributed by atoms with Crippen molar-refractivity contribution in [1.82, 2.24) is 0 Å². The van der Waals surface area contributed by atoms with Gasteiger partial charge in [-0.2, -0.15) is 0 Å². The van der Waals surface area contributed by atoms with Gasteiger partial charge in [-0.05, 0) is 67.4 Å². The lowest BCUT2D eigenvalue weighted by atomic mass is 10.1. The van der Waals surface area contributed by atoms with Crippen LogP contribution in [0.15, 0.2) is 70.5 Å². The van der Waals surface area contributed by atoms with Crippen molar-refractivity contribution >= 4 is 27.2 Å². The molecule has 0 atom stereocenters. The molecule has 0 aliphatic rings. The molecule has 2 amide bonds. The molecule has 30 heavy (non-hydrogen) atoms. The van der Waals surface area contributed by atoms with E-state index in [1.54, 1.807) is 38.1 Å². The summed E-state index contributed by atoms with van der Waals surface area (Å²) in [6.45, 7) is 3.29. The van der Waals surface area contributed by atoms with Crippen molar-refractivity contribution in [3.63, 3.8) is 0 Å². The second-order valence-corrected chi connectivity index (χ2v) is 8.56. The zero-order valence-corrected chi connectivity index (χ0v) is 17.6. The Hall–Kier alpha value is -3.52. The first-order valence-electron chi connectivity index (χ1n) is 9.09. The minimum atomic E-state index is -4.03. The van der Waals surface area contributed by atoms with E-state index in [2.05, 4.69) is 10.6 Å². The molecule has 0 fully saturated rings. The molecule has 0 aromatic heterocycles. The van der Waals surface area contributed by atoms with Crippen LogP contribution in [0, 0.1) is 13.8 Å². The maximum atomic E-state index is 13.1. The van der Waals surface area contributed by atoms with Crippen LogP contribution in [0.3, 0.4) is 0 Å². The van der Waals surface area contributed by atoms with Crippen LogP contribution in [0.25, 0.3) is 0 Å². The Bertz CT molecular complexity index is 1170. The van der Waals surface area contributed by atoms with Gasteiger partial charge in [-0.1, -0.05) is 18.2 Å². The van der Waals surface area contributed by atoms with Crippen LogP contribution in [0.1, 0.15) is 11.1 Å². The van der Waals surface area contributed by atoms with Crippen molar-refractivity contribution in [2.75, 3.05) is 17.7 Å². The predicted octanol–water partition coefficient (Wildman–Crippen LogP) is 4.49. The molecule has 0 bridgehead atoms. The van der Waals surface area contributed by atoms with Crippen LogP contribution in [0.4, 0.5) is 16.2 Å². The molecule has 0 unspecified atom stereocenters. The quantitative estimate of drug-likeness (QED) is 0.521. The molecule has 3 rings (SSSR count). The molecular weight excluding hydrogens is 404 g/mol. The van der Waals surface area contributed by atoms with Crippen molar-refractivity contribution in [2.45, 2.75) is 23.6 Å². The van der Waals surface area contributed by atoms with Crippen LogP contribution in [0.2, 0.25) is 0 Å². The summed E-state index contributed by atoms with van der Waals surface area (Å²) in [6.07, 6.45) is 0. The maximum absolute atomic E-state index is 13.1. The lowest BCUT2D eigenvalue weighted by molar-refractivity contribution is 0.262. The highest BCUT2D eigenvalue weighted by Crippen LogP contribution is 2.37. The number of para-hydroxylation sites is 1. The van der Waals surface area contributed by atoms with Crippen LogP contribution >= 0.6 is 0 Å². The summed E-state index contributed by atoms with van der Waals surface area (Å²) >= 11 is 0. The number of amides is 2. The first-order valence-corrected chi connectivity index (χ1v) is 10.6. The monoisotopic (exact) mass is 426 g/mol. The number of hydrogen-bond donors (Lipinski definition) is 3. The SMILES string of the molecule is COc1ccc(S(=O)(=O)c2cc(NC(=O)Nc3ccccc3)c(C)c(C)c2O)cc1. The maximum Gasteiger partial charge on any atom is 0.323 e. The minimum Gasteiger partial charge on any atom is -0.506 e. The first-order chi connectivity index (χ1) is 14.2. The molecule has 156 valence electrons. The number of ether oxygens (including phenoxy) is 1. The van der Waals surface area contributed by atoms with E-state index in [0.29, 0.717) is 22.6 Å². The summed E-state index contributed by atoms with van der Waals surface area (Å²) in [4.78, 5) is 12.1. The molecule has 0 aliphatic heterocycles. The number of benzene rings is 3. The fourth-order valence-electron chi connectivity index (χ4n) is 2.89. The van der Waals surface area contributed by atoms with Crippen LogP contribution in [0.5, 0.6) is 11.5 Å². The Morgan fingerprint density at radius 3 is 2.17 bits per heavy atom. The summed E-state index contributed by atoms with van der Waals surface area (Å²) < 4.78 is 31.3. The normalized spacial score (nSPS) is 11.0. The molecule has 0 heterocycles. The zero-order valence-electron chi connectivity index (χ0n) is 16.8. The lowest BCUT2D eigenvalue weighted by Crippen LogP contribution is -2.20. The Balaban J connectivity index is 1.97.